The molecule has 0 N–H and O–H groups in total. The van der Waals surface area contributed by atoms with E-state index in [0.717, 1.165) is 32.2 Å². The molecule has 1 aliphatic heterocycles. The summed E-state index contributed by atoms with van der Waals surface area (Å²) in [4.78, 5) is 14.9. The number of likely N-dealkylation sites (N-methyl/N-ethyl adjacent to an activating group) is 1. The first kappa shape index (κ1) is 11.0. The van der Waals surface area contributed by atoms with Crippen LogP contribution in [0.3, 0.4) is 0 Å². The first-order valence-electron chi connectivity index (χ1n) is 6.54. The maximum absolute atomic E-state index is 12.7. The number of benzene rings is 1. The number of fused-ring (bicyclic) bond motifs is 2. The predicted molar refractivity (Wildman–Crippen MR) is 68.0 cm³/mol. The van der Waals surface area contributed by atoms with Crippen molar-refractivity contribution in [2.45, 2.75) is 37.1 Å². The summed E-state index contributed by atoms with van der Waals surface area (Å²) in [5.41, 5.74) is 1.07. The molecule has 17 heavy (non-hydrogen) atoms. The molecule has 2 fully saturated rings. The third-order valence-electron chi connectivity index (χ3n) is 4.59. The van der Waals surface area contributed by atoms with Gasteiger partial charge in [-0.3, -0.25) is 9.69 Å². The Bertz CT molecular complexity index is 428. The SMILES string of the molecule is CN1CCC[C@@]2(c3ccccc3)CC[C@H]1C2=O. The van der Waals surface area contributed by atoms with E-state index >= 15 is 0 Å². The predicted octanol–water partition coefficient (Wildman–Crippen LogP) is 2.38. The van der Waals surface area contributed by atoms with Crippen LogP contribution in [-0.4, -0.2) is 30.3 Å². The Morgan fingerprint density at radius 3 is 2.76 bits per heavy atom. The number of nitrogens with zero attached hydrogens (tertiary/aromatic N) is 1. The number of carbonyl (C=O) groups is 1. The van der Waals surface area contributed by atoms with Crippen molar-refractivity contribution in [3.63, 3.8) is 0 Å². The zero-order valence-electron chi connectivity index (χ0n) is 10.4. The summed E-state index contributed by atoms with van der Waals surface area (Å²) in [5.74, 6) is 0.462. The van der Waals surface area contributed by atoms with E-state index in [-0.39, 0.29) is 11.5 Å². The molecule has 1 aliphatic carbocycles. The van der Waals surface area contributed by atoms with E-state index in [9.17, 15) is 4.79 Å². The Hall–Kier alpha value is -1.15. The second kappa shape index (κ2) is 3.95. The van der Waals surface area contributed by atoms with E-state index in [4.69, 9.17) is 0 Å². The van der Waals surface area contributed by atoms with E-state index < -0.39 is 0 Å². The van der Waals surface area contributed by atoms with Gasteiger partial charge in [-0.25, -0.2) is 0 Å². The highest BCUT2D eigenvalue weighted by Gasteiger charge is 2.50. The summed E-state index contributed by atoms with van der Waals surface area (Å²) in [7, 11) is 2.09. The van der Waals surface area contributed by atoms with Gasteiger partial charge in [0.15, 0.2) is 5.78 Å². The van der Waals surface area contributed by atoms with Crippen molar-refractivity contribution in [2.75, 3.05) is 13.6 Å². The van der Waals surface area contributed by atoms with Crippen LogP contribution < -0.4 is 0 Å². The van der Waals surface area contributed by atoms with Gasteiger partial charge in [-0.1, -0.05) is 30.3 Å². The fourth-order valence-electron chi connectivity index (χ4n) is 3.60. The highest BCUT2D eigenvalue weighted by atomic mass is 16.1. The molecule has 1 aromatic rings. The zero-order chi connectivity index (χ0) is 11.9. The molecular weight excluding hydrogens is 210 g/mol. The Kier molecular flexibility index (Phi) is 2.55. The van der Waals surface area contributed by atoms with Gasteiger partial charge < -0.3 is 0 Å². The molecule has 2 nitrogen and oxygen atoms in total. The molecule has 1 aromatic carbocycles. The zero-order valence-corrected chi connectivity index (χ0v) is 10.4. The summed E-state index contributed by atoms with van der Waals surface area (Å²) in [6, 6.07) is 10.6. The van der Waals surface area contributed by atoms with Crippen LogP contribution in [0.1, 0.15) is 31.2 Å². The Morgan fingerprint density at radius 1 is 1.24 bits per heavy atom. The molecule has 3 rings (SSSR count). The lowest BCUT2D eigenvalue weighted by Crippen LogP contribution is -2.39. The average Bonchev–Trinajstić information content (AvgIpc) is 2.61. The number of rotatable bonds is 1. The fourth-order valence-corrected chi connectivity index (χ4v) is 3.60. The van der Waals surface area contributed by atoms with Crippen LogP contribution in [0.2, 0.25) is 0 Å². The average molecular weight is 229 g/mol. The van der Waals surface area contributed by atoms with Gasteiger partial charge in [0, 0.05) is 0 Å². The van der Waals surface area contributed by atoms with E-state index in [2.05, 4.69) is 36.2 Å². The van der Waals surface area contributed by atoms with Crippen molar-refractivity contribution < 1.29 is 4.79 Å². The van der Waals surface area contributed by atoms with Gasteiger partial charge in [0.1, 0.15) is 0 Å². The molecule has 2 heteroatoms. The minimum atomic E-state index is -0.170. The largest absolute Gasteiger partial charge is 0.297 e. The van der Waals surface area contributed by atoms with E-state index in [1.54, 1.807) is 0 Å². The van der Waals surface area contributed by atoms with Gasteiger partial charge in [-0.05, 0) is 44.8 Å². The highest BCUT2D eigenvalue weighted by molar-refractivity contribution is 5.96. The van der Waals surface area contributed by atoms with Crippen LogP contribution in [0.5, 0.6) is 0 Å². The number of Topliss-reactive ketones (excluding diaryl/α,β-unsaturated/α-hetero) is 1. The molecule has 0 amide bonds. The van der Waals surface area contributed by atoms with E-state index in [0.29, 0.717) is 5.78 Å². The Balaban J connectivity index is 2.05. The third-order valence-corrected chi connectivity index (χ3v) is 4.59. The molecule has 0 radical (unpaired) electrons. The van der Waals surface area contributed by atoms with Crippen molar-refractivity contribution in [1.82, 2.24) is 4.90 Å². The molecule has 2 bridgehead atoms. The summed E-state index contributed by atoms with van der Waals surface area (Å²) in [6.45, 7) is 1.06. The highest BCUT2D eigenvalue weighted by Crippen LogP contribution is 2.45. The molecule has 0 spiro atoms. The third kappa shape index (κ3) is 1.54. The number of likely N-dealkylation sites (tertiary alicyclic amines) is 1. The number of ketones is 1. The van der Waals surface area contributed by atoms with Gasteiger partial charge in [-0.2, -0.15) is 0 Å². The minimum Gasteiger partial charge on any atom is -0.297 e. The first-order valence-corrected chi connectivity index (χ1v) is 6.54. The smallest absolute Gasteiger partial charge is 0.160 e. The number of hydrogen-bond donors (Lipinski definition) is 0. The van der Waals surface area contributed by atoms with Crippen molar-refractivity contribution in [3.8, 4) is 0 Å². The van der Waals surface area contributed by atoms with Crippen LogP contribution in [0.25, 0.3) is 0 Å². The van der Waals surface area contributed by atoms with E-state index in [1.165, 1.54) is 5.56 Å². The number of carbonyl (C=O) groups excluding carboxylic acids is 1. The van der Waals surface area contributed by atoms with Crippen molar-refractivity contribution >= 4 is 5.78 Å². The monoisotopic (exact) mass is 229 g/mol. The van der Waals surface area contributed by atoms with Gasteiger partial charge in [0.2, 0.25) is 0 Å². The molecule has 0 unspecified atom stereocenters. The molecule has 2 atom stereocenters. The van der Waals surface area contributed by atoms with Crippen molar-refractivity contribution in [3.05, 3.63) is 35.9 Å². The van der Waals surface area contributed by atoms with Crippen LogP contribution in [-0.2, 0) is 10.2 Å². The fraction of sp³-hybridized carbons (Fsp3) is 0.533. The van der Waals surface area contributed by atoms with Crippen molar-refractivity contribution in [1.29, 1.82) is 0 Å². The molecule has 1 heterocycles. The van der Waals surface area contributed by atoms with Gasteiger partial charge in [0.25, 0.3) is 0 Å². The molecule has 1 saturated heterocycles. The Labute approximate surface area is 103 Å². The normalized spacial score (nSPS) is 33.7. The second-order valence-corrected chi connectivity index (χ2v) is 5.45. The summed E-state index contributed by atoms with van der Waals surface area (Å²) < 4.78 is 0. The number of hydrogen-bond acceptors (Lipinski definition) is 2. The van der Waals surface area contributed by atoms with Crippen LogP contribution >= 0.6 is 0 Å². The first-order chi connectivity index (χ1) is 8.24. The van der Waals surface area contributed by atoms with Gasteiger partial charge in [0.05, 0.1) is 11.5 Å². The lowest BCUT2D eigenvalue weighted by molar-refractivity contribution is -0.125. The summed E-state index contributed by atoms with van der Waals surface area (Å²) in [6.07, 6.45) is 4.22. The van der Waals surface area contributed by atoms with Gasteiger partial charge in [-0.15, -0.1) is 0 Å². The van der Waals surface area contributed by atoms with Crippen molar-refractivity contribution in [2.24, 2.45) is 0 Å². The van der Waals surface area contributed by atoms with Gasteiger partial charge >= 0.3 is 0 Å². The lowest BCUT2D eigenvalue weighted by Gasteiger charge is -2.27. The quantitative estimate of drug-likeness (QED) is 0.737. The standard InChI is InChI=1S/C15H19NO/c1-16-11-5-9-15(10-8-13(16)14(15)17)12-6-3-2-4-7-12/h2-4,6-7,13H,5,8-11H2,1H3/t13-,15-/m0/s1. The maximum atomic E-state index is 12.7. The minimum absolute atomic E-state index is 0.165. The molecule has 90 valence electrons. The Morgan fingerprint density at radius 2 is 2.00 bits per heavy atom. The molecule has 2 aliphatic rings. The van der Waals surface area contributed by atoms with E-state index in [1.807, 2.05) is 6.07 Å². The molecule has 1 saturated carbocycles. The maximum Gasteiger partial charge on any atom is 0.160 e. The van der Waals surface area contributed by atoms with Crippen LogP contribution in [0.15, 0.2) is 30.3 Å². The molecular formula is C15H19NO. The lowest BCUT2D eigenvalue weighted by atomic mass is 9.75. The van der Waals surface area contributed by atoms with Crippen LogP contribution in [0.4, 0.5) is 0 Å². The summed E-state index contributed by atoms with van der Waals surface area (Å²) >= 11 is 0. The van der Waals surface area contributed by atoms with Crippen LogP contribution in [0, 0.1) is 0 Å². The second-order valence-electron chi connectivity index (χ2n) is 5.45. The topological polar surface area (TPSA) is 20.3 Å². The summed E-state index contributed by atoms with van der Waals surface area (Å²) in [5, 5.41) is 0. The molecule has 0 aromatic heterocycles.